The summed E-state index contributed by atoms with van der Waals surface area (Å²) in [5.74, 6) is -1.34. The molecule has 23 heavy (non-hydrogen) atoms. The molecule has 120 valence electrons. The van der Waals surface area contributed by atoms with E-state index in [2.05, 4.69) is 37.4 Å². The van der Waals surface area contributed by atoms with Gasteiger partial charge in [0.25, 0.3) is 5.91 Å². The van der Waals surface area contributed by atoms with Gasteiger partial charge < -0.3 is 14.8 Å². The number of carbonyl (C=O) groups excluding carboxylic acids is 1. The third-order valence-electron chi connectivity index (χ3n) is 4.26. The SMILES string of the molecule is CC(C)c1ccc2c(c1)C(NC(=O)c1ccc(C(=O)O)o1)CC2. The Labute approximate surface area is 134 Å². The maximum Gasteiger partial charge on any atom is 0.371 e. The minimum atomic E-state index is -1.18. The summed E-state index contributed by atoms with van der Waals surface area (Å²) in [6.07, 6.45) is 1.77. The van der Waals surface area contributed by atoms with Crippen LogP contribution in [-0.2, 0) is 6.42 Å². The van der Waals surface area contributed by atoms with Gasteiger partial charge in [-0.25, -0.2) is 4.79 Å². The first-order valence-corrected chi connectivity index (χ1v) is 7.72. The molecule has 1 aliphatic rings. The summed E-state index contributed by atoms with van der Waals surface area (Å²) in [6, 6.07) is 9.04. The number of amides is 1. The third kappa shape index (κ3) is 2.99. The molecule has 1 aliphatic carbocycles. The van der Waals surface area contributed by atoms with Gasteiger partial charge in [0, 0.05) is 0 Å². The molecule has 0 bridgehead atoms. The molecule has 2 aromatic rings. The number of aryl methyl sites for hydroxylation is 1. The Morgan fingerprint density at radius 1 is 1.22 bits per heavy atom. The van der Waals surface area contributed by atoms with Gasteiger partial charge in [0.2, 0.25) is 5.76 Å². The fourth-order valence-corrected chi connectivity index (χ4v) is 2.93. The lowest BCUT2D eigenvalue weighted by atomic mass is 9.97. The van der Waals surface area contributed by atoms with E-state index in [9.17, 15) is 9.59 Å². The molecule has 0 saturated carbocycles. The number of carboxylic acids is 1. The van der Waals surface area contributed by atoms with E-state index in [0.29, 0.717) is 5.92 Å². The molecule has 1 atom stereocenters. The highest BCUT2D eigenvalue weighted by Gasteiger charge is 2.26. The van der Waals surface area contributed by atoms with E-state index in [1.165, 1.54) is 23.3 Å². The number of aromatic carboxylic acids is 1. The molecule has 5 nitrogen and oxygen atoms in total. The zero-order chi connectivity index (χ0) is 16.6. The molecular weight excluding hydrogens is 294 g/mol. The zero-order valence-corrected chi connectivity index (χ0v) is 13.1. The lowest BCUT2D eigenvalue weighted by molar-refractivity contribution is 0.0659. The van der Waals surface area contributed by atoms with Gasteiger partial charge in [0.1, 0.15) is 0 Å². The van der Waals surface area contributed by atoms with Gasteiger partial charge in [0.05, 0.1) is 6.04 Å². The summed E-state index contributed by atoms with van der Waals surface area (Å²) < 4.78 is 5.06. The summed E-state index contributed by atoms with van der Waals surface area (Å²) in [6.45, 7) is 4.28. The first-order valence-electron chi connectivity index (χ1n) is 7.72. The second-order valence-electron chi connectivity index (χ2n) is 6.15. The summed E-state index contributed by atoms with van der Waals surface area (Å²) in [7, 11) is 0. The molecule has 0 fully saturated rings. The lowest BCUT2D eigenvalue weighted by Crippen LogP contribution is -2.26. The number of hydrogen-bond acceptors (Lipinski definition) is 3. The minimum absolute atomic E-state index is 0.0239. The maximum atomic E-state index is 12.3. The predicted octanol–water partition coefficient (Wildman–Crippen LogP) is 3.52. The highest BCUT2D eigenvalue weighted by Crippen LogP contribution is 2.33. The van der Waals surface area contributed by atoms with Crippen LogP contribution in [0.5, 0.6) is 0 Å². The molecule has 1 unspecified atom stereocenters. The Bertz CT molecular complexity index is 760. The summed E-state index contributed by atoms with van der Waals surface area (Å²) in [5, 5.41) is 11.8. The molecule has 5 heteroatoms. The highest BCUT2D eigenvalue weighted by atomic mass is 16.4. The fourth-order valence-electron chi connectivity index (χ4n) is 2.93. The predicted molar refractivity (Wildman–Crippen MR) is 84.7 cm³/mol. The number of rotatable bonds is 4. The largest absolute Gasteiger partial charge is 0.475 e. The van der Waals surface area contributed by atoms with Gasteiger partial charge in [-0.15, -0.1) is 0 Å². The quantitative estimate of drug-likeness (QED) is 0.905. The van der Waals surface area contributed by atoms with Crippen molar-refractivity contribution in [2.45, 2.75) is 38.6 Å². The molecule has 0 spiro atoms. The lowest BCUT2D eigenvalue weighted by Gasteiger charge is -2.15. The van der Waals surface area contributed by atoms with Crippen LogP contribution in [0.4, 0.5) is 0 Å². The van der Waals surface area contributed by atoms with Crippen molar-refractivity contribution < 1.29 is 19.1 Å². The van der Waals surface area contributed by atoms with Crippen molar-refractivity contribution in [3.63, 3.8) is 0 Å². The van der Waals surface area contributed by atoms with Crippen molar-refractivity contribution in [2.24, 2.45) is 0 Å². The fraction of sp³-hybridized carbons (Fsp3) is 0.333. The van der Waals surface area contributed by atoms with E-state index < -0.39 is 5.97 Å². The smallest absolute Gasteiger partial charge is 0.371 e. The normalized spacial score (nSPS) is 16.4. The number of hydrogen-bond donors (Lipinski definition) is 2. The molecule has 1 aromatic heterocycles. The Morgan fingerprint density at radius 3 is 2.61 bits per heavy atom. The van der Waals surface area contributed by atoms with Crippen LogP contribution in [-0.4, -0.2) is 17.0 Å². The van der Waals surface area contributed by atoms with E-state index in [4.69, 9.17) is 9.52 Å². The van der Waals surface area contributed by atoms with Gasteiger partial charge >= 0.3 is 5.97 Å². The Morgan fingerprint density at radius 2 is 1.96 bits per heavy atom. The van der Waals surface area contributed by atoms with Crippen LogP contribution >= 0.6 is 0 Å². The van der Waals surface area contributed by atoms with Crippen molar-refractivity contribution in [3.05, 3.63) is 58.5 Å². The second kappa shape index (κ2) is 5.91. The Hall–Kier alpha value is -2.56. The van der Waals surface area contributed by atoms with Crippen LogP contribution < -0.4 is 5.32 Å². The van der Waals surface area contributed by atoms with Crippen LogP contribution in [0, 0.1) is 0 Å². The van der Waals surface area contributed by atoms with Gasteiger partial charge in [-0.3, -0.25) is 4.79 Å². The zero-order valence-electron chi connectivity index (χ0n) is 13.1. The van der Waals surface area contributed by atoms with Crippen molar-refractivity contribution in [2.75, 3.05) is 0 Å². The van der Waals surface area contributed by atoms with E-state index in [0.717, 1.165) is 18.4 Å². The molecule has 2 N–H and O–H groups in total. The second-order valence-corrected chi connectivity index (χ2v) is 6.15. The van der Waals surface area contributed by atoms with Crippen molar-refractivity contribution >= 4 is 11.9 Å². The molecule has 0 saturated heterocycles. The number of carbonyl (C=O) groups is 2. The topological polar surface area (TPSA) is 79.5 Å². The number of carboxylic acid groups (broad SMARTS) is 1. The average Bonchev–Trinajstić information content (AvgIpc) is 3.14. The van der Waals surface area contributed by atoms with Gasteiger partial charge in [-0.1, -0.05) is 32.0 Å². The maximum absolute atomic E-state index is 12.3. The average molecular weight is 313 g/mol. The van der Waals surface area contributed by atoms with Crippen LogP contribution in [0.3, 0.4) is 0 Å². The van der Waals surface area contributed by atoms with E-state index in [1.54, 1.807) is 0 Å². The van der Waals surface area contributed by atoms with Crippen LogP contribution in [0.2, 0.25) is 0 Å². The van der Waals surface area contributed by atoms with Gasteiger partial charge in [-0.2, -0.15) is 0 Å². The van der Waals surface area contributed by atoms with Crippen LogP contribution in [0.15, 0.2) is 34.7 Å². The summed E-state index contributed by atoms with van der Waals surface area (Å²) in [5.41, 5.74) is 3.65. The highest BCUT2D eigenvalue weighted by molar-refractivity contribution is 5.93. The van der Waals surface area contributed by atoms with Crippen molar-refractivity contribution in [3.8, 4) is 0 Å². The molecule has 3 rings (SSSR count). The van der Waals surface area contributed by atoms with Gasteiger partial charge in [-0.05, 0) is 47.6 Å². The molecular formula is C18H19NO4. The Balaban J connectivity index is 1.78. The van der Waals surface area contributed by atoms with E-state index in [1.807, 2.05) is 0 Å². The minimum Gasteiger partial charge on any atom is -0.475 e. The number of fused-ring (bicyclic) bond motifs is 1. The molecule has 1 aromatic carbocycles. The van der Waals surface area contributed by atoms with Crippen molar-refractivity contribution in [1.29, 1.82) is 0 Å². The number of nitrogens with one attached hydrogen (secondary N) is 1. The summed E-state index contributed by atoms with van der Waals surface area (Å²) >= 11 is 0. The third-order valence-corrected chi connectivity index (χ3v) is 4.26. The number of furan rings is 1. The first kappa shape index (κ1) is 15.3. The molecule has 1 amide bonds. The van der Waals surface area contributed by atoms with Crippen LogP contribution in [0.1, 0.15) is 70.0 Å². The van der Waals surface area contributed by atoms with Crippen LogP contribution in [0.25, 0.3) is 0 Å². The Kier molecular flexibility index (Phi) is 3.94. The number of benzene rings is 1. The van der Waals surface area contributed by atoms with E-state index >= 15 is 0 Å². The molecule has 0 aliphatic heterocycles. The standard InChI is InChI=1S/C18H19NO4/c1-10(2)12-4-3-11-5-6-14(13(11)9-12)19-17(20)15-7-8-16(23-15)18(21)22/h3-4,7-10,14H,5-6H2,1-2H3,(H,19,20)(H,21,22). The molecule has 0 radical (unpaired) electrons. The van der Waals surface area contributed by atoms with Gasteiger partial charge in [0.15, 0.2) is 5.76 Å². The molecule has 1 heterocycles. The monoisotopic (exact) mass is 313 g/mol. The van der Waals surface area contributed by atoms with E-state index in [-0.39, 0.29) is 23.5 Å². The summed E-state index contributed by atoms with van der Waals surface area (Å²) in [4.78, 5) is 23.1. The van der Waals surface area contributed by atoms with Crippen molar-refractivity contribution in [1.82, 2.24) is 5.32 Å². The first-order chi connectivity index (χ1) is 11.0.